The average molecular weight is 260 g/mol. The molecule has 3 N–H and O–H groups in total. The minimum absolute atomic E-state index is 0.229. The minimum atomic E-state index is -1.94. The first kappa shape index (κ1) is 17.6. The number of aliphatic hydroxyl groups excluding tert-OH is 2. The summed E-state index contributed by atoms with van der Waals surface area (Å²) in [7, 11) is 0. The van der Waals surface area contributed by atoms with Gasteiger partial charge < -0.3 is 15.3 Å². The molecule has 0 aliphatic carbocycles. The maximum Gasteiger partial charge on any atom is 0.169 e. The molecule has 0 atom stereocenters. The van der Waals surface area contributed by atoms with Gasteiger partial charge in [-0.1, -0.05) is 51.9 Å². The zero-order valence-electron chi connectivity index (χ0n) is 11.5. The van der Waals surface area contributed by atoms with E-state index in [1.54, 1.807) is 0 Å². The SMILES string of the molecule is CCCCCCCCCCC(=O)C(O)(CO)CO. The summed E-state index contributed by atoms with van der Waals surface area (Å²) in [5.41, 5.74) is -1.94. The molecule has 0 aromatic rings. The van der Waals surface area contributed by atoms with E-state index >= 15 is 0 Å². The average Bonchev–Trinajstić information content (AvgIpc) is 2.40. The first-order valence-corrected chi connectivity index (χ1v) is 7.08. The zero-order valence-corrected chi connectivity index (χ0v) is 11.5. The summed E-state index contributed by atoms with van der Waals surface area (Å²) in [6, 6.07) is 0. The molecule has 0 fully saturated rings. The molecular formula is C14H28O4. The number of carbonyl (C=O) groups excluding carboxylic acids is 1. The summed E-state index contributed by atoms with van der Waals surface area (Å²) in [5.74, 6) is -0.460. The van der Waals surface area contributed by atoms with Crippen molar-refractivity contribution in [1.29, 1.82) is 0 Å². The van der Waals surface area contributed by atoms with E-state index in [4.69, 9.17) is 10.2 Å². The molecule has 4 nitrogen and oxygen atoms in total. The molecule has 0 aliphatic heterocycles. The van der Waals surface area contributed by atoms with Crippen molar-refractivity contribution in [3.8, 4) is 0 Å². The Morgan fingerprint density at radius 3 is 1.78 bits per heavy atom. The van der Waals surface area contributed by atoms with Gasteiger partial charge in [0.1, 0.15) is 0 Å². The number of unbranched alkanes of at least 4 members (excludes halogenated alkanes) is 7. The summed E-state index contributed by atoms with van der Waals surface area (Å²) >= 11 is 0. The summed E-state index contributed by atoms with van der Waals surface area (Å²) in [5, 5.41) is 27.2. The number of hydrogen-bond donors (Lipinski definition) is 3. The number of carbonyl (C=O) groups is 1. The highest BCUT2D eigenvalue weighted by Crippen LogP contribution is 2.13. The van der Waals surface area contributed by atoms with Crippen molar-refractivity contribution in [2.24, 2.45) is 0 Å². The highest BCUT2D eigenvalue weighted by Gasteiger charge is 2.33. The van der Waals surface area contributed by atoms with E-state index < -0.39 is 24.6 Å². The summed E-state index contributed by atoms with van der Waals surface area (Å²) in [4.78, 5) is 11.5. The van der Waals surface area contributed by atoms with Crippen LogP contribution in [-0.4, -0.2) is 39.9 Å². The lowest BCUT2D eigenvalue weighted by molar-refractivity contribution is -0.146. The van der Waals surface area contributed by atoms with Gasteiger partial charge in [-0.25, -0.2) is 0 Å². The van der Waals surface area contributed by atoms with Crippen molar-refractivity contribution < 1.29 is 20.1 Å². The lowest BCUT2D eigenvalue weighted by Crippen LogP contribution is -2.45. The second-order valence-electron chi connectivity index (χ2n) is 5.00. The van der Waals surface area contributed by atoms with Crippen LogP contribution in [0.2, 0.25) is 0 Å². The Morgan fingerprint density at radius 1 is 0.889 bits per heavy atom. The van der Waals surface area contributed by atoms with Crippen LogP contribution >= 0.6 is 0 Å². The number of rotatable bonds is 12. The number of Topliss-reactive ketones (excluding diaryl/α,β-unsaturated/α-hetero) is 1. The normalized spacial score (nSPS) is 11.8. The van der Waals surface area contributed by atoms with Crippen LogP contribution < -0.4 is 0 Å². The molecule has 0 saturated heterocycles. The van der Waals surface area contributed by atoms with Crippen molar-refractivity contribution in [3.63, 3.8) is 0 Å². The van der Waals surface area contributed by atoms with E-state index in [1.165, 1.54) is 32.1 Å². The molecule has 0 heterocycles. The Kier molecular flexibility index (Phi) is 10.2. The molecule has 18 heavy (non-hydrogen) atoms. The van der Waals surface area contributed by atoms with Gasteiger partial charge in [-0.3, -0.25) is 4.79 Å². The molecule has 0 saturated carbocycles. The van der Waals surface area contributed by atoms with E-state index in [0.717, 1.165) is 19.3 Å². The lowest BCUT2D eigenvalue weighted by atomic mass is 9.95. The van der Waals surface area contributed by atoms with Gasteiger partial charge in [0.2, 0.25) is 0 Å². The van der Waals surface area contributed by atoms with Crippen molar-refractivity contribution in [1.82, 2.24) is 0 Å². The zero-order chi connectivity index (χ0) is 13.9. The van der Waals surface area contributed by atoms with Crippen molar-refractivity contribution >= 4 is 5.78 Å². The van der Waals surface area contributed by atoms with Crippen LogP contribution in [0.1, 0.15) is 64.7 Å². The third kappa shape index (κ3) is 7.09. The smallest absolute Gasteiger partial charge is 0.169 e. The van der Waals surface area contributed by atoms with Crippen LogP contribution in [0.15, 0.2) is 0 Å². The van der Waals surface area contributed by atoms with E-state index in [-0.39, 0.29) is 6.42 Å². The predicted molar refractivity (Wildman–Crippen MR) is 71.4 cm³/mol. The Morgan fingerprint density at radius 2 is 1.33 bits per heavy atom. The number of hydrogen-bond acceptors (Lipinski definition) is 4. The molecule has 0 radical (unpaired) electrons. The standard InChI is InChI=1S/C14H28O4/c1-2-3-4-5-6-7-8-9-10-13(17)14(18,11-15)12-16/h15-16,18H,2-12H2,1H3. The fraction of sp³-hybridized carbons (Fsp3) is 0.929. The van der Waals surface area contributed by atoms with Gasteiger partial charge in [-0.15, -0.1) is 0 Å². The molecule has 0 bridgehead atoms. The van der Waals surface area contributed by atoms with Gasteiger partial charge in [0, 0.05) is 6.42 Å². The monoisotopic (exact) mass is 260 g/mol. The van der Waals surface area contributed by atoms with Crippen LogP contribution in [0, 0.1) is 0 Å². The van der Waals surface area contributed by atoms with Gasteiger partial charge >= 0.3 is 0 Å². The second-order valence-corrected chi connectivity index (χ2v) is 5.00. The highest BCUT2D eigenvalue weighted by molar-refractivity contribution is 5.87. The molecule has 0 spiro atoms. The van der Waals surface area contributed by atoms with Gasteiger partial charge in [0.15, 0.2) is 11.4 Å². The van der Waals surface area contributed by atoms with Crippen LogP contribution in [-0.2, 0) is 4.79 Å². The van der Waals surface area contributed by atoms with Crippen LogP contribution in [0.25, 0.3) is 0 Å². The molecule has 0 aliphatic rings. The Labute approximate surface area is 110 Å². The van der Waals surface area contributed by atoms with Gasteiger partial charge in [-0.05, 0) is 6.42 Å². The van der Waals surface area contributed by atoms with Crippen LogP contribution in [0.4, 0.5) is 0 Å². The third-order valence-electron chi connectivity index (χ3n) is 3.30. The molecule has 0 unspecified atom stereocenters. The molecule has 0 aromatic carbocycles. The molecule has 108 valence electrons. The summed E-state index contributed by atoms with van der Waals surface area (Å²) in [6.07, 6.45) is 9.27. The lowest BCUT2D eigenvalue weighted by Gasteiger charge is -2.21. The maximum atomic E-state index is 11.5. The Bertz CT molecular complexity index is 212. The fourth-order valence-corrected chi connectivity index (χ4v) is 1.88. The number of aliphatic hydroxyl groups is 3. The van der Waals surface area contributed by atoms with E-state index in [1.807, 2.05) is 0 Å². The summed E-state index contributed by atoms with van der Waals surface area (Å²) < 4.78 is 0. The minimum Gasteiger partial charge on any atom is -0.393 e. The van der Waals surface area contributed by atoms with E-state index in [9.17, 15) is 9.90 Å². The molecule has 4 heteroatoms. The Balaban J connectivity index is 3.51. The van der Waals surface area contributed by atoms with Crippen LogP contribution in [0.5, 0.6) is 0 Å². The maximum absolute atomic E-state index is 11.5. The van der Waals surface area contributed by atoms with E-state index in [2.05, 4.69) is 6.92 Å². The first-order chi connectivity index (χ1) is 8.60. The molecular weight excluding hydrogens is 232 g/mol. The molecule has 0 rings (SSSR count). The quantitative estimate of drug-likeness (QED) is 0.468. The topological polar surface area (TPSA) is 77.8 Å². The predicted octanol–water partition coefficient (Wildman–Crippen LogP) is 1.80. The van der Waals surface area contributed by atoms with Gasteiger partial charge in [0.05, 0.1) is 13.2 Å². The number of ketones is 1. The van der Waals surface area contributed by atoms with Gasteiger partial charge in [-0.2, -0.15) is 0 Å². The largest absolute Gasteiger partial charge is 0.393 e. The van der Waals surface area contributed by atoms with Crippen LogP contribution in [0.3, 0.4) is 0 Å². The first-order valence-electron chi connectivity index (χ1n) is 7.08. The van der Waals surface area contributed by atoms with Crippen molar-refractivity contribution in [2.45, 2.75) is 70.3 Å². The Hall–Kier alpha value is -0.450. The van der Waals surface area contributed by atoms with E-state index in [0.29, 0.717) is 0 Å². The molecule has 0 aromatic heterocycles. The van der Waals surface area contributed by atoms with Crippen molar-refractivity contribution in [2.75, 3.05) is 13.2 Å². The highest BCUT2D eigenvalue weighted by atomic mass is 16.4. The third-order valence-corrected chi connectivity index (χ3v) is 3.30. The fourth-order valence-electron chi connectivity index (χ4n) is 1.88. The van der Waals surface area contributed by atoms with Crippen molar-refractivity contribution in [3.05, 3.63) is 0 Å². The second kappa shape index (κ2) is 10.5. The summed E-state index contributed by atoms with van der Waals surface area (Å²) in [6.45, 7) is 0.772. The van der Waals surface area contributed by atoms with Gasteiger partial charge in [0.25, 0.3) is 0 Å². The molecule has 0 amide bonds.